The van der Waals surface area contributed by atoms with Gasteiger partial charge in [-0.1, -0.05) is 47.5 Å². The zero-order valence-corrected chi connectivity index (χ0v) is 24.3. The lowest BCUT2D eigenvalue weighted by molar-refractivity contribution is -0.192. The number of rotatable bonds is 9. The van der Waals surface area contributed by atoms with E-state index in [2.05, 4.69) is 10.3 Å². The molecule has 0 aromatic heterocycles. The van der Waals surface area contributed by atoms with Crippen LogP contribution >= 0.6 is 23.2 Å². The molecule has 1 amide bonds. The minimum absolute atomic E-state index is 0.0132. The van der Waals surface area contributed by atoms with E-state index < -0.39 is 22.2 Å². The summed E-state index contributed by atoms with van der Waals surface area (Å²) in [6.45, 7) is 4.00. The van der Waals surface area contributed by atoms with E-state index in [0.717, 1.165) is 30.1 Å². The number of alkyl halides is 3. The van der Waals surface area contributed by atoms with E-state index in [9.17, 15) is 26.4 Å². The molecule has 1 aliphatic heterocycles. The Bertz CT molecular complexity index is 1350. The van der Waals surface area contributed by atoms with Crippen molar-refractivity contribution in [1.82, 2.24) is 14.5 Å². The lowest BCUT2D eigenvalue weighted by Gasteiger charge is -2.20. The third kappa shape index (κ3) is 9.08. The number of benzene rings is 2. The molecule has 15 heteroatoms. The molecule has 0 fully saturated rings. The number of hydrogen-bond acceptors (Lipinski definition) is 6. The van der Waals surface area contributed by atoms with Crippen LogP contribution in [-0.4, -0.2) is 80.3 Å². The number of amides is 1. The van der Waals surface area contributed by atoms with Gasteiger partial charge in [0, 0.05) is 50.7 Å². The van der Waals surface area contributed by atoms with Crippen molar-refractivity contribution < 1.29 is 36.3 Å². The van der Waals surface area contributed by atoms with Crippen molar-refractivity contribution in [2.24, 2.45) is 4.99 Å². The van der Waals surface area contributed by atoms with E-state index in [1.54, 1.807) is 18.9 Å². The van der Waals surface area contributed by atoms with Crippen molar-refractivity contribution in [2.45, 2.75) is 37.4 Å². The first-order valence-corrected chi connectivity index (χ1v) is 14.1. The van der Waals surface area contributed by atoms with Gasteiger partial charge >= 0.3 is 12.1 Å². The van der Waals surface area contributed by atoms with E-state index in [4.69, 9.17) is 33.1 Å². The van der Waals surface area contributed by atoms with Crippen LogP contribution in [0.1, 0.15) is 29.5 Å². The molecular formula is C25H29Cl2F3N4O5S. The number of carboxylic acid groups (broad SMARTS) is 1. The van der Waals surface area contributed by atoms with Gasteiger partial charge in [0.2, 0.25) is 15.9 Å². The fourth-order valence-electron chi connectivity index (χ4n) is 3.49. The maximum Gasteiger partial charge on any atom is 0.490 e. The van der Waals surface area contributed by atoms with Crippen molar-refractivity contribution in [1.29, 1.82) is 0 Å². The Kier molecular flexibility index (Phi) is 11.8. The normalized spacial score (nSPS) is 13.3. The molecule has 0 saturated heterocycles. The minimum Gasteiger partial charge on any atom is -0.475 e. The summed E-state index contributed by atoms with van der Waals surface area (Å²) in [6, 6.07) is 10.9. The number of carbonyl (C=O) groups is 2. The van der Waals surface area contributed by atoms with E-state index >= 15 is 0 Å². The van der Waals surface area contributed by atoms with Crippen molar-refractivity contribution >= 4 is 50.9 Å². The zero-order valence-electron chi connectivity index (χ0n) is 21.9. The molecule has 2 aromatic carbocycles. The second-order valence-corrected chi connectivity index (χ2v) is 11.6. The molecule has 2 aromatic rings. The first-order valence-electron chi connectivity index (χ1n) is 11.9. The molecule has 0 spiro atoms. The van der Waals surface area contributed by atoms with Crippen LogP contribution in [0.4, 0.5) is 13.2 Å². The number of halogens is 5. The van der Waals surface area contributed by atoms with E-state index in [1.165, 1.54) is 23.5 Å². The highest BCUT2D eigenvalue weighted by Crippen LogP contribution is 2.31. The number of amidine groups is 1. The van der Waals surface area contributed by atoms with E-state index in [1.807, 2.05) is 24.3 Å². The summed E-state index contributed by atoms with van der Waals surface area (Å²) in [5.74, 6) is -1.90. The van der Waals surface area contributed by atoms with Crippen LogP contribution in [0.5, 0.6) is 0 Å². The zero-order chi connectivity index (χ0) is 30.3. The standard InChI is InChI=1S/C23H28Cl2N4O3S.C2HF3O2/c1-16-19(24)10-11-20(22(16)25)33(31,32)29(3)14-4-5-21(30)28(2)15-17-6-8-18(9-7-17)23-26-12-13-27-23;3-2(4,5)1(6)7/h6-11H,4-5,12-15H2,1-3H3,(H,26,27);(H,6,7). The maximum absolute atomic E-state index is 12.9. The van der Waals surface area contributed by atoms with Crippen LogP contribution in [-0.2, 0) is 26.2 Å². The van der Waals surface area contributed by atoms with Gasteiger partial charge in [0.25, 0.3) is 0 Å². The Morgan fingerprint density at radius 2 is 1.70 bits per heavy atom. The molecule has 40 heavy (non-hydrogen) atoms. The predicted molar refractivity (Wildman–Crippen MR) is 146 cm³/mol. The summed E-state index contributed by atoms with van der Waals surface area (Å²) in [4.78, 5) is 27.5. The lowest BCUT2D eigenvalue weighted by atomic mass is 10.1. The first-order chi connectivity index (χ1) is 18.6. The molecule has 0 atom stereocenters. The Morgan fingerprint density at radius 3 is 2.23 bits per heavy atom. The monoisotopic (exact) mass is 624 g/mol. The van der Waals surface area contributed by atoms with Crippen LogP contribution in [0.3, 0.4) is 0 Å². The highest BCUT2D eigenvalue weighted by Gasteiger charge is 2.38. The molecule has 0 unspecified atom stereocenters. The quantitative estimate of drug-likeness (QED) is 0.428. The topological polar surface area (TPSA) is 119 Å². The van der Waals surface area contributed by atoms with Crippen molar-refractivity contribution in [3.63, 3.8) is 0 Å². The van der Waals surface area contributed by atoms with Crippen molar-refractivity contribution in [3.05, 3.63) is 63.1 Å². The second-order valence-electron chi connectivity index (χ2n) is 8.82. The average molecular weight is 625 g/mol. The molecule has 1 aliphatic rings. The predicted octanol–water partition coefficient (Wildman–Crippen LogP) is 4.34. The summed E-state index contributed by atoms with van der Waals surface area (Å²) in [6.07, 6.45) is -4.45. The van der Waals surface area contributed by atoms with Crippen molar-refractivity contribution in [3.8, 4) is 0 Å². The van der Waals surface area contributed by atoms with E-state index in [-0.39, 0.29) is 28.8 Å². The van der Waals surface area contributed by atoms with Gasteiger partial charge in [-0.3, -0.25) is 9.79 Å². The third-order valence-corrected chi connectivity index (χ3v) is 8.73. The van der Waals surface area contributed by atoms with Gasteiger partial charge in [0.05, 0.1) is 11.6 Å². The van der Waals surface area contributed by atoms with Crippen LogP contribution < -0.4 is 5.32 Å². The molecular weight excluding hydrogens is 596 g/mol. The molecule has 0 radical (unpaired) electrons. The summed E-state index contributed by atoms with van der Waals surface area (Å²) in [5.41, 5.74) is 2.57. The van der Waals surface area contributed by atoms with Crippen LogP contribution in [0.25, 0.3) is 0 Å². The Morgan fingerprint density at radius 1 is 1.10 bits per heavy atom. The molecule has 1 heterocycles. The van der Waals surface area contributed by atoms with Crippen LogP contribution in [0, 0.1) is 6.92 Å². The van der Waals surface area contributed by atoms with Gasteiger partial charge in [0.1, 0.15) is 10.7 Å². The number of carboxylic acids is 1. The fourth-order valence-corrected chi connectivity index (χ4v) is 5.48. The second kappa shape index (κ2) is 14.2. The number of aliphatic imine (C=N–C) groups is 1. The SMILES string of the molecule is Cc1c(Cl)ccc(S(=O)(=O)N(C)CCCC(=O)N(C)Cc2ccc(C3=NCCN3)cc2)c1Cl.O=C(O)C(F)(F)F. The minimum atomic E-state index is -5.08. The third-order valence-electron chi connectivity index (χ3n) is 5.83. The number of aliphatic carboxylic acids is 1. The van der Waals surface area contributed by atoms with Crippen LogP contribution in [0.2, 0.25) is 10.0 Å². The van der Waals surface area contributed by atoms with Gasteiger partial charge < -0.3 is 15.3 Å². The molecule has 9 nitrogen and oxygen atoms in total. The number of carbonyl (C=O) groups excluding carboxylic acids is 1. The number of nitrogens with zero attached hydrogens (tertiary/aromatic N) is 3. The van der Waals surface area contributed by atoms with Crippen LogP contribution in [0.15, 0.2) is 46.3 Å². The number of nitrogens with one attached hydrogen (secondary N) is 1. The molecule has 0 bridgehead atoms. The first kappa shape index (κ1) is 33.3. The van der Waals surface area contributed by atoms with Gasteiger partial charge in [-0.15, -0.1) is 0 Å². The summed E-state index contributed by atoms with van der Waals surface area (Å²) in [7, 11) is -0.557. The molecule has 3 rings (SSSR count). The number of sulfonamides is 1. The fraction of sp³-hybridized carbons (Fsp3) is 0.400. The van der Waals surface area contributed by atoms with E-state index in [0.29, 0.717) is 23.6 Å². The lowest BCUT2D eigenvalue weighted by Crippen LogP contribution is -2.30. The van der Waals surface area contributed by atoms with Gasteiger partial charge in [-0.25, -0.2) is 17.5 Å². The van der Waals surface area contributed by atoms with Gasteiger partial charge in [-0.05, 0) is 36.6 Å². The Balaban J connectivity index is 0.000000708. The molecule has 0 saturated carbocycles. The van der Waals surface area contributed by atoms with Crippen molar-refractivity contribution in [2.75, 3.05) is 33.7 Å². The number of hydrogen-bond donors (Lipinski definition) is 2. The summed E-state index contributed by atoms with van der Waals surface area (Å²) in [5, 5.41) is 10.9. The smallest absolute Gasteiger partial charge is 0.475 e. The largest absolute Gasteiger partial charge is 0.490 e. The highest BCUT2D eigenvalue weighted by molar-refractivity contribution is 7.89. The van der Waals surface area contributed by atoms with Gasteiger partial charge in [-0.2, -0.15) is 13.2 Å². The Hall–Kier alpha value is -2.87. The van der Waals surface area contributed by atoms with Gasteiger partial charge in [0.15, 0.2) is 0 Å². The molecule has 0 aliphatic carbocycles. The average Bonchev–Trinajstić information content (AvgIpc) is 3.42. The maximum atomic E-state index is 12.9. The highest BCUT2D eigenvalue weighted by atomic mass is 35.5. The summed E-state index contributed by atoms with van der Waals surface area (Å²) >= 11 is 12.2. The molecule has 220 valence electrons. The summed E-state index contributed by atoms with van der Waals surface area (Å²) < 4.78 is 58.7. The molecule has 2 N–H and O–H groups in total. The Labute approximate surface area is 240 Å².